The molecule has 0 aromatic heterocycles. The van der Waals surface area contributed by atoms with E-state index in [9.17, 15) is 0 Å². The predicted octanol–water partition coefficient (Wildman–Crippen LogP) is 3.98. The molecular weight excluding hydrogens is 260 g/mol. The van der Waals surface area contributed by atoms with Gasteiger partial charge in [-0.25, -0.2) is 0 Å². The first kappa shape index (κ1) is 14.8. The molecule has 0 aliphatic heterocycles. The molecule has 1 aliphatic carbocycles. The summed E-state index contributed by atoms with van der Waals surface area (Å²) in [4.78, 5) is 0. The highest BCUT2D eigenvalue weighted by atomic mass is 35.5. The molecule has 3 heteroatoms. The van der Waals surface area contributed by atoms with Crippen LogP contribution >= 0.6 is 11.6 Å². The molecule has 0 spiro atoms. The van der Waals surface area contributed by atoms with Crippen LogP contribution in [0.3, 0.4) is 0 Å². The molecule has 1 aliphatic rings. The highest BCUT2D eigenvalue weighted by molar-refractivity contribution is 6.30. The summed E-state index contributed by atoms with van der Waals surface area (Å²) in [5.74, 6) is 0. The fraction of sp³-hybridized carbons (Fsp3) is 0.625. The fourth-order valence-electron chi connectivity index (χ4n) is 2.98. The average molecular weight is 283 g/mol. The molecule has 1 fully saturated rings. The molecule has 0 radical (unpaired) electrons. The molecule has 0 heterocycles. The first-order chi connectivity index (χ1) is 9.24. The van der Waals surface area contributed by atoms with Crippen LogP contribution in [0.2, 0.25) is 5.02 Å². The summed E-state index contributed by atoms with van der Waals surface area (Å²) in [6.07, 6.45) is 8.14. The largest absolute Gasteiger partial charge is 0.394 e. The molecular formula is C16H23ClO2. The van der Waals surface area contributed by atoms with Gasteiger partial charge in [-0.1, -0.05) is 49.4 Å². The maximum atomic E-state index is 9.04. The van der Waals surface area contributed by atoms with E-state index < -0.39 is 0 Å². The number of rotatable bonds is 5. The molecule has 0 atom stereocenters. The molecule has 1 aromatic carbocycles. The lowest BCUT2D eigenvalue weighted by atomic mass is 9.87. The van der Waals surface area contributed by atoms with Crippen LogP contribution in [-0.4, -0.2) is 23.9 Å². The molecule has 0 amide bonds. The van der Waals surface area contributed by atoms with E-state index in [1.165, 1.54) is 31.2 Å². The van der Waals surface area contributed by atoms with E-state index in [0.29, 0.717) is 6.61 Å². The summed E-state index contributed by atoms with van der Waals surface area (Å²) >= 11 is 5.93. The van der Waals surface area contributed by atoms with Crippen molar-refractivity contribution >= 4 is 11.6 Å². The van der Waals surface area contributed by atoms with Crippen LogP contribution in [0.25, 0.3) is 0 Å². The van der Waals surface area contributed by atoms with E-state index in [1.807, 2.05) is 12.1 Å². The van der Waals surface area contributed by atoms with Crippen molar-refractivity contribution in [3.63, 3.8) is 0 Å². The Bertz CT molecular complexity index is 367. The van der Waals surface area contributed by atoms with Crippen molar-refractivity contribution in [2.45, 2.75) is 50.5 Å². The highest BCUT2D eigenvalue weighted by Gasteiger charge is 2.31. The molecule has 0 saturated heterocycles. The predicted molar refractivity (Wildman–Crippen MR) is 78.6 cm³/mol. The lowest BCUT2D eigenvalue weighted by Gasteiger charge is -2.33. The van der Waals surface area contributed by atoms with E-state index in [1.54, 1.807) is 0 Å². The zero-order valence-electron chi connectivity index (χ0n) is 11.4. The third-order valence-corrected chi connectivity index (χ3v) is 4.21. The van der Waals surface area contributed by atoms with E-state index in [-0.39, 0.29) is 12.2 Å². The molecule has 19 heavy (non-hydrogen) atoms. The van der Waals surface area contributed by atoms with Gasteiger partial charge in [-0.05, 0) is 30.5 Å². The van der Waals surface area contributed by atoms with Crippen molar-refractivity contribution in [3.05, 3.63) is 34.9 Å². The summed E-state index contributed by atoms with van der Waals surface area (Å²) in [7, 11) is 0. The average Bonchev–Trinajstić information content (AvgIpc) is 2.65. The zero-order valence-corrected chi connectivity index (χ0v) is 12.2. The Morgan fingerprint density at radius 2 is 1.68 bits per heavy atom. The monoisotopic (exact) mass is 282 g/mol. The minimum atomic E-state index is -0.0902. The fourth-order valence-corrected chi connectivity index (χ4v) is 3.11. The van der Waals surface area contributed by atoms with Crippen LogP contribution in [0.5, 0.6) is 0 Å². The van der Waals surface area contributed by atoms with Gasteiger partial charge in [0.15, 0.2) is 0 Å². The molecule has 1 saturated carbocycles. The first-order valence-electron chi connectivity index (χ1n) is 7.23. The third-order valence-electron chi connectivity index (χ3n) is 3.95. The Hall–Kier alpha value is -0.570. The van der Waals surface area contributed by atoms with Gasteiger partial charge in [0.2, 0.25) is 0 Å². The van der Waals surface area contributed by atoms with E-state index >= 15 is 0 Å². The van der Waals surface area contributed by atoms with Crippen molar-refractivity contribution < 1.29 is 9.84 Å². The number of benzene rings is 1. The molecule has 2 rings (SSSR count). The number of hydrogen-bond donors (Lipinski definition) is 1. The topological polar surface area (TPSA) is 29.5 Å². The smallest absolute Gasteiger partial charge is 0.0723 e. The van der Waals surface area contributed by atoms with Crippen LogP contribution in [0.4, 0.5) is 0 Å². The number of halogens is 1. The van der Waals surface area contributed by atoms with E-state index in [0.717, 1.165) is 24.3 Å². The summed E-state index contributed by atoms with van der Waals surface area (Å²) in [6, 6.07) is 8.04. The Morgan fingerprint density at radius 1 is 1.05 bits per heavy atom. The van der Waals surface area contributed by atoms with Crippen molar-refractivity contribution in [3.8, 4) is 0 Å². The zero-order chi connectivity index (χ0) is 13.6. The van der Waals surface area contributed by atoms with Crippen LogP contribution in [0, 0.1) is 0 Å². The SMILES string of the molecule is OCCOC1(Cc2ccc(Cl)cc2)CCCCCC1. The van der Waals surface area contributed by atoms with Crippen molar-refractivity contribution in [1.29, 1.82) is 0 Å². The third kappa shape index (κ3) is 4.48. The number of ether oxygens (including phenoxy) is 1. The second kappa shape index (κ2) is 7.28. The normalized spacial score (nSPS) is 19.1. The highest BCUT2D eigenvalue weighted by Crippen LogP contribution is 2.33. The van der Waals surface area contributed by atoms with Gasteiger partial charge in [0.1, 0.15) is 0 Å². The molecule has 106 valence electrons. The van der Waals surface area contributed by atoms with Gasteiger partial charge in [0.25, 0.3) is 0 Å². The molecule has 0 unspecified atom stereocenters. The minimum absolute atomic E-state index is 0.0902. The van der Waals surface area contributed by atoms with Crippen molar-refractivity contribution in [2.24, 2.45) is 0 Å². The molecule has 1 N–H and O–H groups in total. The number of hydrogen-bond acceptors (Lipinski definition) is 2. The van der Waals surface area contributed by atoms with Gasteiger partial charge in [-0.2, -0.15) is 0 Å². The molecule has 0 bridgehead atoms. The number of aliphatic hydroxyl groups is 1. The van der Waals surface area contributed by atoms with Gasteiger partial charge in [0.05, 0.1) is 18.8 Å². The van der Waals surface area contributed by atoms with E-state index in [2.05, 4.69) is 12.1 Å². The van der Waals surface area contributed by atoms with E-state index in [4.69, 9.17) is 21.4 Å². The summed E-state index contributed by atoms with van der Waals surface area (Å²) in [6.45, 7) is 0.538. The van der Waals surface area contributed by atoms with Gasteiger partial charge in [0, 0.05) is 11.4 Å². The number of aliphatic hydroxyl groups excluding tert-OH is 1. The van der Waals surface area contributed by atoms with Crippen LogP contribution in [0.1, 0.15) is 44.1 Å². The Morgan fingerprint density at radius 3 is 2.26 bits per heavy atom. The maximum Gasteiger partial charge on any atom is 0.0723 e. The van der Waals surface area contributed by atoms with Crippen LogP contribution < -0.4 is 0 Å². The summed E-state index contributed by atoms with van der Waals surface area (Å²) in [5.41, 5.74) is 1.18. The Labute approximate surface area is 120 Å². The van der Waals surface area contributed by atoms with Gasteiger partial charge >= 0.3 is 0 Å². The van der Waals surface area contributed by atoms with Gasteiger partial charge < -0.3 is 9.84 Å². The second-order valence-corrected chi connectivity index (χ2v) is 5.91. The summed E-state index contributed by atoms with van der Waals surface area (Å²) < 4.78 is 6.05. The lowest BCUT2D eigenvalue weighted by Crippen LogP contribution is -2.35. The van der Waals surface area contributed by atoms with Crippen LogP contribution in [-0.2, 0) is 11.2 Å². The summed E-state index contributed by atoms with van der Waals surface area (Å²) in [5, 5.41) is 9.81. The maximum absolute atomic E-state index is 9.04. The van der Waals surface area contributed by atoms with Gasteiger partial charge in [-0.3, -0.25) is 0 Å². The standard InChI is InChI=1S/C16H23ClO2/c17-15-7-5-14(6-8-15)13-16(19-12-11-18)9-3-1-2-4-10-16/h5-8,18H,1-4,9-13H2. The van der Waals surface area contributed by atoms with Gasteiger partial charge in [-0.15, -0.1) is 0 Å². The van der Waals surface area contributed by atoms with Crippen LogP contribution in [0.15, 0.2) is 24.3 Å². The second-order valence-electron chi connectivity index (χ2n) is 5.47. The Balaban J connectivity index is 2.09. The Kier molecular flexibility index (Phi) is 5.68. The van der Waals surface area contributed by atoms with Crippen molar-refractivity contribution in [2.75, 3.05) is 13.2 Å². The first-order valence-corrected chi connectivity index (χ1v) is 7.61. The quantitative estimate of drug-likeness (QED) is 0.828. The lowest BCUT2D eigenvalue weighted by molar-refractivity contribution is -0.0675. The molecule has 2 nitrogen and oxygen atoms in total. The molecule has 1 aromatic rings. The van der Waals surface area contributed by atoms with Crippen molar-refractivity contribution in [1.82, 2.24) is 0 Å². The minimum Gasteiger partial charge on any atom is -0.394 e.